The van der Waals surface area contributed by atoms with Gasteiger partial charge >= 0.3 is 11.9 Å². The van der Waals surface area contributed by atoms with Crippen molar-refractivity contribution in [1.82, 2.24) is 0 Å². The molecule has 0 N–H and O–H groups in total. The van der Waals surface area contributed by atoms with Crippen LogP contribution in [-0.2, 0) is 19.1 Å². The van der Waals surface area contributed by atoms with Crippen molar-refractivity contribution in [2.24, 2.45) is 5.92 Å². The van der Waals surface area contributed by atoms with E-state index in [1.54, 1.807) is 41.5 Å². The molecule has 0 fully saturated rings. The summed E-state index contributed by atoms with van der Waals surface area (Å²) in [5, 5.41) is 0. The molecule has 0 saturated carbocycles. The molecule has 2 radical (unpaired) electrons. The van der Waals surface area contributed by atoms with Crippen LogP contribution in [0.1, 0.15) is 48.0 Å². The number of hydrogen-bond donors (Lipinski definition) is 0. The molecule has 0 atom stereocenters. The van der Waals surface area contributed by atoms with Gasteiger partial charge in [0.2, 0.25) is 0 Å². The monoisotopic (exact) mass is 254 g/mol. The Bertz CT molecular complexity index is 271. The molecule has 0 bridgehead atoms. The lowest BCUT2D eigenvalue weighted by atomic mass is 9.93. The summed E-state index contributed by atoms with van der Waals surface area (Å²) >= 11 is 0. The highest BCUT2D eigenvalue weighted by Gasteiger charge is 2.33. The molecule has 5 heteroatoms. The van der Waals surface area contributed by atoms with Crippen LogP contribution >= 0.6 is 0 Å². The van der Waals surface area contributed by atoms with Gasteiger partial charge in [0, 0.05) is 0 Å². The molecular weight excluding hydrogens is 231 g/mol. The lowest BCUT2D eigenvalue weighted by Crippen LogP contribution is -2.36. The molecule has 0 aromatic heterocycles. The van der Waals surface area contributed by atoms with Crippen LogP contribution in [-0.4, -0.2) is 31.0 Å². The highest BCUT2D eigenvalue weighted by molar-refractivity contribution is 6.09. The van der Waals surface area contributed by atoms with E-state index in [2.05, 4.69) is 0 Å². The number of ether oxygens (including phenoxy) is 2. The molecule has 0 aliphatic rings. The van der Waals surface area contributed by atoms with Gasteiger partial charge in [0.05, 0.1) is 7.85 Å². The van der Waals surface area contributed by atoms with Gasteiger partial charge in [0.25, 0.3) is 0 Å². The molecule has 0 amide bonds. The van der Waals surface area contributed by atoms with Crippen LogP contribution in [0.25, 0.3) is 0 Å². The predicted octanol–water partition coefficient (Wildman–Crippen LogP) is 2.26. The molecule has 0 rings (SSSR count). The molecule has 0 aromatic rings. The van der Waals surface area contributed by atoms with Gasteiger partial charge in [-0.2, -0.15) is 0 Å². The van der Waals surface area contributed by atoms with Gasteiger partial charge in [-0.1, -0.05) is 6.32 Å². The van der Waals surface area contributed by atoms with E-state index in [4.69, 9.17) is 17.3 Å². The second-order valence-corrected chi connectivity index (χ2v) is 6.20. The first kappa shape index (κ1) is 17.0. The van der Waals surface area contributed by atoms with Crippen molar-refractivity contribution < 1.29 is 19.1 Å². The summed E-state index contributed by atoms with van der Waals surface area (Å²) in [5.41, 5.74) is -1.27. The topological polar surface area (TPSA) is 52.6 Å². The molecule has 0 heterocycles. The zero-order chi connectivity index (χ0) is 14.6. The normalized spacial score (nSPS) is 12.4. The fraction of sp³-hybridized carbons (Fsp3) is 0.846. The maximum Gasteiger partial charge on any atom is 0.320 e. The van der Waals surface area contributed by atoms with Gasteiger partial charge in [-0.25, -0.2) is 0 Å². The van der Waals surface area contributed by atoms with Crippen LogP contribution in [0.15, 0.2) is 0 Å². The van der Waals surface area contributed by atoms with E-state index in [-0.39, 0.29) is 12.7 Å². The minimum Gasteiger partial charge on any atom is -0.459 e. The van der Waals surface area contributed by atoms with Gasteiger partial charge in [-0.3, -0.25) is 9.59 Å². The second kappa shape index (κ2) is 6.25. The Morgan fingerprint density at radius 3 is 1.50 bits per heavy atom. The first-order chi connectivity index (χ1) is 7.96. The molecule has 0 saturated heterocycles. The number of carbonyl (C=O) groups excluding carboxylic acids is 2. The number of carbonyl (C=O) groups is 2. The third-order valence-electron chi connectivity index (χ3n) is 1.84. The molecule has 4 nitrogen and oxygen atoms in total. The highest BCUT2D eigenvalue weighted by Crippen LogP contribution is 2.19. The Hall–Kier alpha value is -0.995. The fourth-order valence-electron chi connectivity index (χ4n) is 1.24. The maximum atomic E-state index is 11.9. The third kappa shape index (κ3) is 7.35. The van der Waals surface area contributed by atoms with Crippen molar-refractivity contribution in [3.8, 4) is 0 Å². The van der Waals surface area contributed by atoms with Crippen molar-refractivity contribution >= 4 is 19.8 Å². The summed E-state index contributed by atoms with van der Waals surface area (Å²) in [7, 11) is 5.42. The lowest BCUT2D eigenvalue weighted by molar-refractivity contribution is -0.174. The van der Waals surface area contributed by atoms with Crippen molar-refractivity contribution in [2.45, 2.75) is 65.5 Å². The molecule has 0 aliphatic carbocycles. The quantitative estimate of drug-likeness (QED) is 0.438. The van der Waals surface area contributed by atoms with Gasteiger partial charge in [-0.05, 0) is 48.0 Å². The van der Waals surface area contributed by atoms with Gasteiger partial charge in [-0.15, -0.1) is 0 Å². The lowest BCUT2D eigenvalue weighted by Gasteiger charge is -2.26. The predicted molar refractivity (Wildman–Crippen MR) is 70.4 cm³/mol. The van der Waals surface area contributed by atoms with E-state index in [0.717, 1.165) is 0 Å². The van der Waals surface area contributed by atoms with E-state index in [1.807, 2.05) is 0 Å². The summed E-state index contributed by atoms with van der Waals surface area (Å²) in [6, 6.07) is 0. The Kier molecular flexibility index (Phi) is 5.91. The fourth-order valence-corrected chi connectivity index (χ4v) is 1.24. The summed E-state index contributed by atoms with van der Waals surface area (Å²) in [4.78, 5) is 23.8. The molecule has 0 spiro atoms. The summed E-state index contributed by atoms with van der Waals surface area (Å²) < 4.78 is 10.4. The maximum absolute atomic E-state index is 11.9. The summed E-state index contributed by atoms with van der Waals surface area (Å²) in [6.45, 7) is 10.5. The van der Waals surface area contributed by atoms with E-state index in [9.17, 15) is 9.59 Å². The molecule has 0 aromatic carbocycles. The minimum atomic E-state index is -0.951. The van der Waals surface area contributed by atoms with Crippen LogP contribution in [0, 0.1) is 5.92 Å². The molecule has 0 aliphatic heterocycles. The molecule has 0 unspecified atom stereocenters. The largest absolute Gasteiger partial charge is 0.459 e. The van der Waals surface area contributed by atoms with E-state index >= 15 is 0 Å². The summed E-state index contributed by atoms with van der Waals surface area (Å²) in [6.07, 6.45) is 0.451. The van der Waals surface area contributed by atoms with Gasteiger partial charge in [0.1, 0.15) is 11.2 Å². The number of hydrogen-bond acceptors (Lipinski definition) is 4. The highest BCUT2D eigenvalue weighted by atomic mass is 16.6. The second-order valence-electron chi connectivity index (χ2n) is 6.20. The van der Waals surface area contributed by atoms with Gasteiger partial charge < -0.3 is 9.47 Å². The van der Waals surface area contributed by atoms with E-state index in [1.165, 1.54) is 0 Å². The van der Waals surface area contributed by atoms with Crippen LogP contribution in [0.5, 0.6) is 0 Å². The zero-order valence-corrected chi connectivity index (χ0v) is 12.2. The Balaban J connectivity index is 4.75. The van der Waals surface area contributed by atoms with E-state index in [0.29, 0.717) is 0 Å². The Morgan fingerprint density at radius 1 is 0.944 bits per heavy atom. The van der Waals surface area contributed by atoms with Crippen molar-refractivity contribution in [2.75, 3.05) is 0 Å². The standard InChI is InChI=1S/C13H23BO4/c1-12(2,3)17-10(15)9(7-8-14)11(16)18-13(4,5)6/h9H,7-8H2,1-6H3. The van der Waals surface area contributed by atoms with Crippen LogP contribution in [0.3, 0.4) is 0 Å². The molecule has 18 heavy (non-hydrogen) atoms. The van der Waals surface area contributed by atoms with Crippen molar-refractivity contribution in [3.63, 3.8) is 0 Å². The Labute approximate surface area is 111 Å². The minimum absolute atomic E-state index is 0.225. The van der Waals surface area contributed by atoms with Crippen LogP contribution in [0.4, 0.5) is 0 Å². The average molecular weight is 254 g/mol. The molecule has 102 valence electrons. The molecular formula is C13H23BO4. The van der Waals surface area contributed by atoms with Crippen molar-refractivity contribution in [1.29, 1.82) is 0 Å². The third-order valence-corrected chi connectivity index (χ3v) is 1.84. The summed E-state index contributed by atoms with van der Waals surface area (Å²) in [5.74, 6) is -2.11. The Morgan fingerprint density at radius 2 is 1.28 bits per heavy atom. The van der Waals surface area contributed by atoms with Crippen LogP contribution in [0.2, 0.25) is 6.32 Å². The zero-order valence-electron chi connectivity index (χ0n) is 12.2. The number of esters is 2. The van der Waals surface area contributed by atoms with Crippen molar-refractivity contribution in [3.05, 3.63) is 0 Å². The van der Waals surface area contributed by atoms with E-state index < -0.39 is 29.1 Å². The van der Waals surface area contributed by atoms with Gasteiger partial charge in [0.15, 0.2) is 5.92 Å². The smallest absolute Gasteiger partial charge is 0.320 e. The SMILES string of the molecule is [B]CCC(C(=O)OC(C)(C)C)C(=O)OC(C)(C)C. The number of rotatable bonds is 4. The average Bonchev–Trinajstić information content (AvgIpc) is 2.07. The first-order valence-electron chi connectivity index (χ1n) is 6.12. The first-order valence-corrected chi connectivity index (χ1v) is 6.12. The van der Waals surface area contributed by atoms with Crippen LogP contribution < -0.4 is 0 Å².